The van der Waals surface area contributed by atoms with Gasteiger partial charge >= 0.3 is 0 Å². The van der Waals surface area contributed by atoms with Crippen molar-refractivity contribution in [2.24, 2.45) is 5.73 Å². The summed E-state index contributed by atoms with van der Waals surface area (Å²) in [6, 6.07) is 3.68. The van der Waals surface area contributed by atoms with Gasteiger partial charge in [0.15, 0.2) is 5.69 Å². The Balaban J connectivity index is 1.96. The van der Waals surface area contributed by atoms with Gasteiger partial charge in [-0.2, -0.15) is 0 Å². The van der Waals surface area contributed by atoms with E-state index in [1.165, 1.54) is 0 Å². The van der Waals surface area contributed by atoms with Crippen molar-refractivity contribution >= 4 is 11.7 Å². The average Bonchev–Trinajstić information content (AvgIpc) is 2.31. The van der Waals surface area contributed by atoms with Crippen LogP contribution in [-0.2, 0) is 0 Å². The smallest absolute Gasteiger partial charge is 0.269 e. The van der Waals surface area contributed by atoms with Gasteiger partial charge in [-0.05, 0) is 31.5 Å². The molecule has 1 aliphatic rings. The number of nitrogens with one attached hydrogen (secondary N) is 2. The molecule has 1 aliphatic heterocycles. The van der Waals surface area contributed by atoms with E-state index in [-0.39, 0.29) is 5.69 Å². The zero-order valence-electron chi connectivity index (χ0n) is 8.94. The molecular weight excluding hydrogens is 206 g/mol. The number of carbonyl (C=O) groups excluding carboxylic acids is 1. The number of amides is 1. The summed E-state index contributed by atoms with van der Waals surface area (Å²) in [7, 11) is 0. The maximum Gasteiger partial charge on any atom is 0.269 e. The lowest BCUT2D eigenvalue weighted by Crippen LogP contribution is -2.38. The van der Waals surface area contributed by atoms with Crippen LogP contribution in [0.2, 0.25) is 0 Å². The molecule has 0 bridgehead atoms. The molecule has 1 aromatic heterocycles. The van der Waals surface area contributed by atoms with Crippen LogP contribution in [0.25, 0.3) is 0 Å². The van der Waals surface area contributed by atoms with Gasteiger partial charge in [-0.15, -0.1) is 10.2 Å². The first kappa shape index (κ1) is 10.8. The number of primary amides is 1. The summed E-state index contributed by atoms with van der Waals surface area (Å²) in [5.41, 5.74) is 5.26. The van der Waals surface area contributed by atoms with Crippen LogP contribution in [-0.4, -0.2) is 35.2 Å². The zero-order valence-corrected chi connectivity index (χ0v) is 8.94. The highest BCUT2D eigenvalue weighted by molar-refractivity contribution is 5.90. The van der Waals surface area contributed by atoms with E-state index < -0.39 is 5.91 Å². The highest BCUT2D eigenvalue weighted by Crippen LogP contribution is 2.09. The number of nitrogens with two attached hydrogens (primary N) is 1. The lowest BCUT2D eigenvalue weighted by molar-refractivity contribution is 0.0994. The molecule has 86 valence electrons. The fourth-order valence-corrected chi connectivity index (χ4v) is 1.72. The minimum Gasteiger partial charge on any atom is -0.365 e. The Hall–Kier alpha value is -1.69. The monoisotopic (exact) mass is 221 g/mol. The number of carbonyl (C=O) groups is 1. The van der Waals surface area contributed by atoms with E-state index in [0.717, 1.165) is 25.9 Å². The minimum absolute atomic E-state index is 0.187. The van der Waals surface area contributed by atoms with E-state index in [2.05, 4.69) is 20.8 Å². The number of aromatic nitrogens is 2. The molecule has 0 aliphatic carbocycles. The van der Waals surface area contributed by atoms with E-state index in [1.807, 2.05) is 0 Å². The second kappa shape index (κ2) is 4.89. The molecule has 6 nitrogen and oxygen atoms in total. The Labute approximate surface area is 93.6 Å². The second-order valence-corrected chi connectivity index (χ2v) is 3.86. The van der Waals surface area contributed by atoms with Gasteiger partial charge in [0.2, 0.25) is 0 Å². The molecule has 1 aromatic rings. The summed E-state index contributed by atoms with van der Waals surface area (Å²) in [6.45, 7) is 2.00. The molecule has 2 heterocycles. The zero-order chi connectivity index (χ0) is 11.4. The van der Waals surface area contributed by atoms with Gasteiger partial charge in [0.25, 0.3) is 5.91 Å². The van der Waals surface area contributed by atoms with Crippen LogP contribution in [0.3, 0.4) is 0 Å². The summed E-state index contributed by atoms with van der Waals surface area (Å²) in [5, 5.41) is 14.2. The molecule has 0 radical (unpaired) electrons. The van der Waals surface area contributed by atoms with Crippen molar-refractivity contribution in [1.82, 2.24) is 15.5 Å². The number of anilines is 1. The number of hydrogen-bond acceptors (Lipinski definition) is 5. The minimum atomic E-state index is -0.557. The Morgan fingerprint density at radius 3 is 2.94 bits per heavy atom. The molecule has 4 N–H and O–H groups in total. The van der Waals surface area contributed by atoms with E-state index in [1.54, 1.807) is 12.1 Å². The molecule has 0 spiro atoms. The summed E-state index contributed by atoms with van der Waals surface area (Å²) >= 11 is 0. The third-order valence-corrected chi connectivity index (χ3v) is 2.57. The molecule has 6 heteroatoms. The highest BCUT2D eigenvalue weighted by atomic mass is 16.1. The average molecular weight is 221 g/mol. The van der Waals surface area contributed by atoms with Crippen LogP contribution in [0.4, 0.5) is 5.82 Å². The van der Waals surface area contributed by atoms with Gasteiger partial charge in [-0.1, -0.05) is 0 Å². The molecule has 1 amide bonds. The maximum absolute atomic E-state index is 10.8. The second-order valence-electron chi connectivity index (χ2n) is 3.86. The van der Waals surface area contributed by atoms with Gasteiger partial charge in [0.05, 0.1) is 0 Å². The lowest BCUT2D eigenvalue weighted by Gasteiger charge is -2.23. The van der Waals surface area contributed by atoms with E-state index in [0.29, 0.717) is 11.9 Å². The molecule has 2 rings (SSSR count). The summed E-state index contributed by atoms with van der Waals surface area (Å²) in [4.78, 5) is 10.8. The van der Waals surface area contributed by atoms with Crippen molar-refractivity contribution in [2.45, 2.75) is 18.9 Å². The standard InChI is InChI=1S/C10H15N5O/c11-10(16)8-3-4-9(15-14-8)13-7-2-1-5-12-6-7/h3-4,7,12H,1-2,5-6H2,(H2,11,16)(H,13,15). The van der Waals surface area contributed by atoms with E-state index >= 15 is 0 Å². The van der Waals surface area contributed by atoms with Crippen molar-refractivity contribution in [3.63, 3.8) is 0 Å². The number of piperidine rings is 1. The molecule has 0 aromatic carbocycles. The van der Waals surface area contributed by atoms with Crippen molar-refractivity contribution in [1.29, 1.82) is 0 Å². The van der Waals surface area contributed by atoms with Crippen molar-refractivity contribution < 1.29 is 4.79 Å². The third-order valence-electron chi connectivity index (χ3n) is 2.57. The first-order valence-electron chi connectivity index (χ1n) is 5.36. The van der Waals surface area contributed by atoms with Crippen LogP contribution < -0.4 is 16.4 Å². The largest absolute Gasteiger partial charge is 0.365 e. The number of rotatable bonds is 3. The van der Waals surface area contributed by atoms with Crippen molar-refractivity contribution in [3.05, 3.63) is 17.8 Å². The van der Waals surface area contributed by atoms with Crippen LogP contribution in [0, 0.1) is 0 Å². The van der Waals surface area contributed by atoms with Gasteiger partial charge in [-0.25, -0.2) is 0 Å². The Morgan fingerprint density at radius 2 is 2.38 bits per heavy atom. The Bertz CT molecular complexity index is 358. The molecule has 1 unspecified atom stereocenters. The molecule has 1 fully saturated rings. The number of hydrogen-bond donors (Lipinski definition) is 3. The van der Waals surface area contributed by atoms with Gasteiger partial charge in [-0.3, -0.25) is 4.79 Å². The van der Waals surface area contributed by atoms with Crippen molar-refractivity contribution in [2.75, 3.05) is 18.4 Å². The normalized spacial score (nSPS) is 20.4. The predicted molar refractivity (Wildman–Crippen MR) is 60.1 cm³/mol. The Morgan fingerprint density at radius 1 is 1.50 bits per heavy atom. The number of nitrogens with zero attached hydrogens (tertiary/aromatic N) is 2. The quantitative estimate of drug-likeness (QED) is 0.654. The van der Waals surface area contributed by atoms with Crippen LogP contribution in [0.5, 0.6) is 0 Å². The fourth-order valence-electron chi connectivity index (χ4n) is 1.72. The lowest BCUT2D eigenvalue weighted by atomic mass is 10.1. The Kier molecular flexibility index (Phi) is 3.31. The van der Waals surface area contributed by atoms with Gasteiger partial charge in [0.1, 0.15) is 5.82 Å². The molecule has 1 atom stereocenters. The van der Waals surface area contributed by atoms with Crippen LogP contribution in [0.1, 0.15) is 23.3 Å². The van der Waals surface area contributed by atoms with E-state index in [9.17, 15) is 4.79 Å². The SMILES string of the molecule is NC(=O)c1ccc(NC2CCCNC2)nn1. The van der Waals surface area contributed by atoms with Gasteiger partial charge in [0, 0.05) is 12.6 Å². The highest BCUT2D eigenvalue weighted by Gasteiger charge is 2.13. The summed E-state index contributed by atoms with van der Waals surface area (Å²) in [5.74, 6) is 0.122. The topological polar surface area (TPSA) is 92.9 Å². The summed E-state index contributed by atoms with van der Waals surface area (Å²) < 4.78 is 0. The first-order chi connectivity index (χ1) is 7.75. The fraction of sp³-hybridized carbons (Fsp3) is 0.500. The van der Waals surface area contributed by atoms with Crippen LogP contribution in [0.15, 0.2) is 12.1 Å². The molecular formula is C10H15N5O. The van der Waals surface area contributed by atoms with Crippen LogP contribution >= 0.6 is 0 Å². The molecule has 1 saturated heterocycles. The maximum atomic E-state index is 10.8. The summed E-state index contributed by atoms with van der Waals surface area (Å²) in [6.07, 6.45) is 2.27. The van der Waals surface area contributed by atoms with Crippen molar-refractivity contribution in [3.8, 4) is 0 Å². The first-order valence-corrected chi connectivity index (χ1v) is 5.36. The molecule has 16 heavy (non-hydrogen) atoms. The molecule has 0 saturated carbocycles. The van der Waals surface area contributed by atoms with Gasteiger partial charge < -0.3 is 16.4 Å². The van der Waals surface area contributed by atoms with E-state index in [4.69, 9.17) is 5.73 Å². The third kappa shape index (κ3) is 2.66. The predicted octanol–water partition coefficient (Wildman–Crippen LogP) is -0.261.